The molecule has 0 atom stereocenters. The minimum Gasteiger partial charge on any atom is -0.352 e. The van der Waals surface area contributed by atoms with Gasteiger partial charge in [0.25, 0.3) is 5.91 Å². The summed E-state index contributed by atoms with van der Waals surface area (Å²) in [7, 11) is 0. The molecular formula is C20H19ClFN3O2S2. The van der Waals surface area contributed by atoms with Gasteiger partial charge in [-0.3, -0.25) is 9.59 Å². The Labute approximate surface area is 180 Å². The molecule has 0 saturated heterocycles. The summed E-state index contributed by atoms with van der Waals surface area (Å²) in [4.78, 5) is 29.6. The van der Waals surface area contributed by atoms with E-state index in [1.54, 1.807) is 18.3 Å². The fraction of sp³-hybridized carbons (Fsp3) is 0.250. The maximum atomic E-state index is 14.4. The second kappa shape index (κ2) is 9.47. The predicted octanol–water partition coefficient (Wildman–Crippen LogP) is 4.40. The van der Waals surface area contributed by atoms with E-state index in [1.807, 2.05) is 19.2 Å². The van der Waals surface area contributed by atoms with Crippen LogP contribution in [0, 0.1) is 19.7 Å². The third-order valence-corrected chi connectivity index (χ3v) is 6.76. The lowest BCUT2D eigenvalue weighted by molar-refractivity contribution is -0.120. The molecule has 0 radical (unpaired) electrons. The number of thiazole rings is 1. The Morgan fingerprint density at radius 1 is 1.21 bits per heavy atom. The van der Waals surface area contributed by atoms with E-state index in [9.17, 15) is 14.0 Å². The molecule has 0 saturated carbocycles. The molecule has 1 aromatic carbocycles. The number of carbonyl (C=O) groups excluding carboxylic acids is 2. The van der Waals surface area contributed by atoms with Crippen molar-refractivity contribution in [2.24, 2.45) is 0 Å². The summed E-state index contributed by atoms with van der Waals surface area (Å²) in [6, 6.07) is 4.69. The fourth-order valence-electron chi connectivity index (χ4n) is 2.59. The van der Waals surface area contributed by atoms with Gasteiger partial charge in [0, 0.05) is 29.7 Å². The van der Waals surface area contributed by atoms with Crippen LogP contribution in [0.3, 0.4) is 0 Å². The Morgan fingerprint density at radius 3 is 2.62 bits per heavy atom. The number of rotatable bonds is 7. The van der Waals surface area contributed by atoms with Crippen LogP contribution < -0.4 is 10.6 Å². The molecule has 0 unspecified atom stereocenters. The number of halogens is 2. The zero-order valence-electron chi connectivity index (χ0n) is 15.8. The van der Waals surface area contributed by atoms with Crippen molar-refractivity contribution in [1.29, 1.82) is 0 Å². The van der Waals surface area contributed by atoms with E-state index in [-0.39, 0.29) is 31.3 Å². The van der Waals surface area contributed by atoms with Gasteiger partial charge in [-0.1, -0.05) is 23.7 Å². The van der Waals surface area contributed by atoms with Crippen LogP contribution in [-0.2, 0) is 24.3 Å². The Hall–Kier alpha value is -2.29. The largest absolute Gasteiger partial charge is 0.352 e. The molecule has 2 heterocycles. The second-order valence-corrected chi connectivity index (χ2v) is 9.05. The summed E-state index contributed by atoms with van der Waals surface area (Å²) in [6.07, 6.45) is 1.90. The highest BCUT2D eigenvalue weighted by molar-refractivity contribution is 7.13. The van der Waals surface area contributed by atoms with Gasteiger partial charge in [-0.2, -0.15) is 0 Å². The van der Waals surface area contributed by atoms with Crippen molar-refractivity contribution in [3.8, 4) is 0 Å². The van der Waals surface area contributed by atoms with Crippen LogP contribution in [0.4, 0.5) is 4.39 Å². The number of aryl methyl sites for hydroxylation is 2. The number of hydrogen-bond donors (Lipinski definition) is 2. The van der Waals surface area contributed by atoms with Crippen LogP contribution in [0.25, 0.3) is 0 Å². The molecule has 0 aliphatic carbocycles. The lowest BCUT2D eigenvalue weighted by atomic mass is 10.1. The van der Waals surface area contributed by atoms with Gasteiger partial charge >= 0.3 is 0 Å². The minimum atomic E-state index is -0.435. The highest BCUT2D eigenvalue weighted by atomic mass is 35.5. The average molecular weight is 452 g/mol. The Kier molecular flexibility index (Phi) is 7.00. The monoisotopic (exact) mass is 451 g/mol. The van der Waals surface area contributed by atoms with E-state index in [0.717, 1.165) is 15.4 Å². The fourth-order valence-corrected chi connectivity index (χ4v) is 4.58. The van der Waals surface area contributed by atoms with E-state index in [0.29, 0.717) is 21.0 Å². The number of nitrogens with zero attached hydrogens (tertiary/aromatic N) is 1. The zero-order valence-corrected chi connectivity index (χ0v) is 18.2. The first-order valence-electron chi connectivity index (χ1n) is 8.80. The second-order valence-electron chi connectivity index (χ2n) is 6.47. The first-order valence-corrected chi connectivity index (χ1v) is 10.9. The van der Waals surface area contributed by atoms with Crippen LogP contribution in [0.15, 0.2) is 29.8 Å². The predicted molar refractivity (Wildman–Crippen MR) is 114 cm³/mol. The standard InChI is InChI=1S/C20H19ClFN3O2S2/c1-11-10-28-19(18(11)21)20(27)25-7-13-3-4-14(16(22)5-13)8-24-17(26)6-15-9-23-12(2)29-15/h3-5,9-10H,6-8H2,1-2H3,(H,24,26)(H,25,27). The van der Waals surface area contributed by atoms with Crippen molar-refractivity contribution < 1.29 is 14.0 Å². The number of amides is 2. The number of benzene rings is 1. The van der Waals surface area contributed by atoms with Crippen molar-refractivity contribution in [3.05, 3.63) is 72.1 Å². The number of nitrogens with one attached hydrogen (secondary N) is 2. The van der Waals surface area contributed by atoms with Crippen LogP contribution in [0.2, 0.25) is 5.02 Å². The number of hydrogen-bond acceptors (Lipinski definition) is 5. The lowest BCUT2D eigenvalue weighted by Gasteiger charge is -2.09. The van der Waals surface area contributed by atoms with Crippen LogP contribution in [-0.4, -0.2) is 16.8 Å². The van der Waals surface area contributed by atoms with Gasteiger partial charge in [-0.15, -0.1) is 22.7 Å². The van der Waals surface area contributed by atoms with E-state index >= 15 is 0 Å². The van der Waals surface area contributed by atoms with Gasteiger partial charge in [0.2, 0.25) is 5.91 Å². The smallest absolute Gasteiger partial charge is 0.263 e. The lowest BCUT2D eigenvalue weighted by Crippen LogP contribution is -2.25. The maximum Gasteiger partial charge on any atom is 0.263 e. The molecule has 3 rings (SSSR count). The molecule has 0 fully saturated rings. The third kappa shape index (κ3) is 5.62. The summed E-state index contributed by atoms with van der Waals surface area (Å²) in [5.74, 6) is -0.911. The molecule has 9 heteroatoms. The normalized spacial score (nSPS) is 10.8. The molecule has 0 spiro atoms. The molecule has 0 aliphatic rings. The Bertz CT molecular complexity index is 1050. The molecule has 152 valence electrons. The summed E-state index contributed by atoms with van der Waals surface area (Å²) < 4.78 is 14.4. The summed E-state index contributed by atoms with van der Waals surface area (Å²) in [5.41, 5.74) is 1.85. The number of carbonyl (C=O) groups is 2. The average Bonchev–Trinajstić information content (AvgIpc) is 3.24. The van der Waals surface area contributed by atoms with E-state index < -0.39 is 5.82 Å². The molecule has 2 amide bonds. The molecule has 2 aromatic heterocycles. The summed E-state index contributed by atoms with van der Waals surface area (Å²) in [5, 5.41) is 8.62. The van der Waals surface area contributed by atoms with Crippen molar-refractivity contribution in [2.75, 3.05) is 0 Å². The number of aromatic nitrogens is 1. The molecule has 3 aromatic rings. The van der Waals surface area contributed by atoms with Crippen LogP contribution in [0.1, 0.15) is 36.2 Å². The van der Waals surface area contributed by atoms with Crippen molar-refractivity contribution >= 4 is 46.1 Å². The van der Waals surface area contributed by atoms with Gasteiger partial charge in [0.15, 0.2) is 0 Å². The maximum absolute atomic E-state index is 14.4. The van der Waals surface area contributed by atoms with Crippen molar-refractivity contribution in [3.63, 3.8) is 0 Å². The van der Waals surface area contributed by atoms with Crippen LogP contribution >= 0.6 is 34.3 Å². The zero-order chi connectivity index (χ0) is 21.0. The highest BCUT2D eigenvalue weighted by Crippen LogP contribution is 2.27. The van der Waals surface area contributed by atoms with E-state index in [4.69, 9.17) is 11.6 Å². The summed E-state index contributed by atoms with van der Waals surface area (Å²) in [6.45, 7) is 3.99. The van der Waals surface area contributed by atoms with Crippen molar-refractivity contribution in [1.82, 2.24) is 15.6 Å². The minimum absolute atomic E-state index is 0.0964. The molecule has 5 nitrogen and oxygen atoms in total. The highest BCUT2D eigenvalue weighted by Gasteiger charge is 2.15. The quantitative estimate of drug-likeness (QED) is 0.559. The first kappa shape index (κ1) is 21.4. The van der Waals surface area contributed by atoms with Crippen LogP contribution in [0.5, 0.6) is 0 Å². The van der Waals surface area contributed by atoms with Gasteiger partial charge in [-0.05, 0) is 36.4 Å². The summed E-state index contributed by atoms with van der Waals surface area (Å²) >= 11 is 8.83. The topological polar surface area (TPSA) is 71.1 Å². The molecule has 0 aliphatic heterocycles. The van der Waals surface area contributed by atoms with E-state index in [1.165, 1.54) is 28.7 Å². The molecule has 0 bridgehead atoms. The first-order chi connectivity index (χ1) is 13.8. The van der Waals surface area contributed by atoms with Gasteiger partial charge < -0.3 is 10.6 Å². The molecule has 2 N–H and O–H groups in total. The SMILES string of the molecule is Cc1ncc(CC(=O)NCc2ccc(CNC(=O)c3scc(C)c3Cl)cc2F)s1. The Morgan fingerprint density at radius 2 is 2.00 bits per heavy atom. The van der Waals surface area contributed by atoms with Crippen molar-refractivity contribution in [2.45, 2.75) is 33.4 Å². The van der Waals surface area contributed by atoms with Gasteiger partial charge in [-0.25, -0.2) is 9.37 Å². The van der Waals surface area contributed by atoms with Gasteiger partial charge in [0.1, 0.15) is 10.7 Å². The Balaban J connectivity index is 1.52. The van der Waals surface area contributed by atoms with Gasteiger partial charge in [0.05, 0.1) is 16.5 Å². The third-order valence-electron chi connectivity index (χ3n) is 4.16. The van der Waals surface area contributed by atoms with E-state index in [2.05, 4.69) is 15.6 Å². The molecular weight excluding hydrogens is 433 g/mol. The number of thiophene rings is 1. The molecule has 29 heavy (non-hydrogen) atoms.